The third-order valence-electron chi connectivity index (χ3n) is 5.01. The number of nitrogens with two attached hydrogens (primary N) is 1. The normalized spacial score (nSPS) is 10.5. The predicted octanol–water partition coefficient (Wildman–Crippen LogP) is 3.26. The highest BCUT2D eigenvalue weighted by atomic mass is 16.2. The van der Waals surface area contributed by atoms with Crippen molar-refractivity contribution in [2.45, 2.75) is 27.2 Å². The first-order chi connectivity index (χ1) is 14.8. The topological polar surface area (TPSA) is 106 Å². The molecule has 7 nitrogen and oxygen atoms in total. The SMILES string of the molecule is Cc1cccc(-n2c(C)cc(C(=O)Nc3ccccc3C(=O)NCCC(N)=O)c2C)c1. The molecule has 2 aromatic carbocycles. The van der Waals surface area contributed by atoms with Crippen molar-refractivity contribution in [3.63, 3.8) is 0 Å². The van der Waals surface area contributed by atoms with Gasteiger partial charge in [-0.15, -0.1) is 0 Å². The minimum atomic E-state index is -0.495. The summed E-state index contributed by atoms with van der Waals surface area (Å²) in [5.41, 5.74) is 10.2. The Morgan fingerprint density at radius 3 is 2.35 bits per heavy atom. The van der Waals surface area contributed by atoms with Crippen molar-refractivity contribution in [2.24, 2.45) is 5.73 Å². The minimum absolute atomic E-state index is 0.0468. The molecule has 31 heavy (non-hydrogen) atoms. The predicted molar refractivity (Wildman–Crippen MR) is 121 cm³/mol. The number of para-hydroxylation sites is 1. The van der Waals surface area contributed by atoms with E-state index in [0.29, 0.717) is 16.8 Å². The number of carbonyl (C=O) groups excluding carboxylic acids is 3. The average Bonchev–Trinajstić information content (AvgIpc) is 3.02. The summed E-state index contributed by atoms with van der Waals surface area (Å²) in [6.45, 7) is 6.00. The molecule has 4 N–H and O–H groups in total. The molecule has 1 aromatic heterocycles. The van der Waals surface area contributed by atoms with E-state index in [1.54, 1.807) is 24.3 Å². The van der Waals surface area contributed by atoms with Gasteiger partial charge in [0.1, 0.15) is 0 Å². The molecule has 0 aliphatic rings. The monoisotopic (exact) mass is 418 g/mol. The Kier molecular flexibility index (Phi) is 6.55. The van der Waals surface area contributed by atoms with Crippen LogP contribution >= 0.6 is 0 Å². The summed E-state index contributed by atoms with van der Waals surface area (Å²) in [6.07, 6.45) is 0.0468. The Balaban J connectivity index is 1.84. The molecule has 0 atom stereocenters. The van der Waals surface area contributed by atoms with E-state index < -0.39 is 5.91 Å². The fourth-order valence-electron chi connectivity index (χ4n) is 3.53. The number of hydrogen-bond donors (Lipinski definition) is 3. The van der Waals surface area contributed by atoms with Crippen LogP contribution in [-0.4, -0.2) is 28.8 Å². The molecule has 7 heteroatoms. The molecule has 3 amide bonds. The first-order valence-electron chi connectivity index (χ1n) is 10.0. The number of carbonyl (C=O) groups is 3. The minimum Gasteiger partial charge on any atom is -0.370 e. The number of amides is 3. The van der Waals surface area contributed by atoms with Gasteiger partial charge in [0, 0.05) is 30.0 Å². The standard InChI is InChI=1S/C24H26N4O3/c1-15-7-6-8-18(13-15)28-16(2)14-20(17(28)3)24(31)27-21-10-5-4-9-19(21)23(30)26-12-11-22(25)29/h4-10,13-14H,11-12H2,1-3H3,(H2,25,29)(H,26,30)(H,27,31). The number of benzene rings is 2. The van der Waals surface area contributed by atoms with Crippen LogP contribution in [0.15, 0.2) is 54.6 Å². The third-order valence-corrected chi connectivity index (χ3v) is 5.01. The van der Waals surface area contributed by atoms with Crippen molar-refractivity contribution in [3.8, 4) is 5.69 Å². The molecule has 0 bridgehead atoms. The molecular formula is C24H26N4O3. The number of nitrogens with zero attached hydrogens (tertiary/aromatic N) is 1. The fourth-order valence-corrected chi connectivity index (χ4v) is 3.53. The van der Waals surface area contributed by atoms with E-state index in [9.17, 15) is 14.4 Å². The van der Waals surface area contributed by atoms with Crippen LogP contribution in [-0.2, 0) is 4.79 Å². The Hall–Kier alpha value is -3.87. The first kappa shape index (κ1) is 21.8. The Morgan fingerprint density at radius 2 is 1.65 bits per heavy atom. The maximum absolute atomic E-state index is 13.1. The second-order valence-electron chi connectivity index (χ2n) is 7.43. The van der Waals surface area contributed by atoms with Crippen molar-refractivity contribution in [3.05, 3.63) is 82.7 Å². The summed E-state index contributed by atoms with van der Waals surface area (Å²) < 4.78 is 2.03. The highest BCUT2D eigenvalue weighted by Crippen LogP contribution is 2.23. The quantitative estimate of drug-likeness (QED) is 0.548. The van der Waals surface area contributed by atoms with Crippen LogP contribution in [0.2, 0.25) is 0 Å². The van der Waals surface area contributed by atoms with Gasteiger partial charge in [0.15, 0.2) is 0 Å². The molecule has 0 aliphatic carbocycles. The van der Waals surface area contributed by atoms with Gasteiger partial charge >= 0.3 is 0 Å². The zero-order valence-corrected chi connectivity index (χ0v) is 17.9. The number of aromatic nitrogens is 1. The molecule has 3 rings (SSSR count). The van der Waals surface area contributed by atoms with Crippen LogP contribution < -0.4 is 16.4 Å². The number of hydrogen-bond acceptors (Lipinski definition) is 3. The number of primary amides is 1. The van der Waals surface area contributed by atoms with Crippen molar-refractivity contribution >= 4 is 23.4 Å². The van der Waals surface area contributed by atoms with E-state index >= 15 is 0 Å². The van der Waals surface area contributed by atoms with Gasteiger partial charge in [-0.2, -0.15) is 0 Å². The lowest BCUT2D eigenvalue weighted by Gasteiger charge is -2.12. The summed E-state index contributed by atoms with van der Waals surface area (Å²) in [6, 6.07) is 16.6. The Morgan fingerprint density at radius 1 is 0.903 bits per heavy atom. The van der Waals surface area contributed by atoms with E-state index in [0.717, 1.165) is 22.6 Å². The summed E-state index contributed by atoms with van der Waals surface area (Å²) in [4.78, 5) is 36.4. The van der Waals surface area contributed by atoms with Crippen LogP contribution in [0.1, 0.15) is 44.1 Å². The van der Waals surface area contributed by atoms with E-state index in [1.165, 1.54) is 0 Å². The first-order valence-corrected chi connectivity index (χ1v) is 10.0. The van der Waals surface area contributed by atoms with Crippen LogP contribution in [0.25, 0.3) is 5.69 Å². The molecule has 160 valence electrons. The molecule has 0 unspecified atom stereocenters. The van der Waals surface area contributed by atoms with Gasteiger partial charge in [-0.1, -0.05) is 24.3 Å². The van der Waals surface area contributed by atoms with Crippen molar-refractivity contribution < 1.29 is 14.4 Å². The van der Waals surface area contributed by atoms with E-state index in [2.05, 4.69) is 16.7 Å². The van der Waals surface area contributed by atoms with Gasteiger partial charge in [-0.25, -0.2) is 0 Å². The molecule has 0 saturated carbocycles. The van der Waals surface area contributed by atoms with E-state index in [-0.39, 0.29) is 24.8 Å². The maximum atomic E-state index is 13.1. The van der Waals surface area contributed by atoms with Gasteiger partial charge in [0.25, 0.3) is 11.8 Å². The third kappa shape index (κ3) is 5.01. The summed E-state index contributed by atoms with van der Waals surface area (Å²) in [5, 5.41) is 5.49. The summed E-state index contributed by atoms with van der Waals surface area (Å²) >= 11 is 0. The Bertz CT molecular complexity index is 1150. The molecule has 0 aliphatic heterocycles. The molecule has 0 spiro atoms. The molecule has 0 radical (unpaired) electrons. The summed E-state index contributed by atoms with van der Waals surface area (Å²) in [5.74, 6) is -1.18. The lowest BCUT2D eigenvalue weighted by atomic mass is 10.1. The van der Waals surface area contributed by atoms with Crippen LogP contribution in [0, 0.1) is 20.8 Å². The molecule has 1 heterocycles. The lowest BCUT2D eigenvalue weighted by molar-refractivity contribution is -0.117. The van der Waals surface area contributed by atoms with Crippen molar-refractivity contribution in [1.29, 1.82) is 0 Å². The smallest absolute Gasteiger partial charge is 0.257 e. The van der Waals surface area contributed by atoms with E-state index in [4.69, 9.17) is 5.73 Å². The zero-order chi connectivity index (χ0) is 22.5. The molecule has 3 aromatic rings. The van der Waals surface area contributed by atoms with Crippen LogP contribution in [0.3, 0.4) is 0 Å². The average molecular weight is 418 g/mol. The van der Waals surface area contributed by atoms with E-state index in [1.807, 2.05) is 49.6 Å². The second kappa shape index (κ2) is 9.30. The largest absolute Gasteiger partial charge is 0.370 e. The number of rotatable bonds is 7. The summed E-state index contributed by atoms with van der Waals surface area (Å²) in [7, 11) is 0. The second-order valence-corrected chi connectivity index (χ2v) is 7.43. The van der Waals surface area contributed by atoms with Crippen molar-refractivity contribution in [1.82, 2.24) is 9.88 Å². The number of anilines is 1. The highest BCUT2D eigenvalue weighted by Gasteiger charge is 2.19. The van der Waals surface area contributed by atoms with Gasteiger partial charge < -0.3 is 20.9 Å². The van der Waals surface area contributed by atoms with Gasteiger partial charge in [0.2, 0.25) is 5.91 Å². The lowest BCUT2D eigenvalue weighted by Crippen LogP contribution is -2.28. The van der Waals surface area contributed by atoms with Gasteiger partial charge in [0.05, 0.1) is 16.8 Å². The highest BCUT2D eigenvalue weighted by molar-refractivity contribution is 6.09. The molecule has 0 saturated heterocycles. The molecular weight excluding hydrogens is 392 g/mol. The number of nitrogens with one attached hydrogen (secondary N) is 2. The van der Waals surface area contributed by atoms with Gasteiger partial charge in [-0.3, -0.25) is 14.4 Å². The Labute approximate surface area is 181 Å². The number of aryl methyl sites for hydroxylation is 2. The zero-order valence-electron chi connectivity index (χ0n) is 17.9. The fraction of sp³-hybridized carbons (Fsp3) is 0.208. The maximum Gasteiger partial charge on any atom is 0.257 e. The molecule has 0 fully saturated rings. The van der Waals surface area contributed by atoms with Gasteiger partial charge in [-0.05, 0) is 56.7 Å². The van der Waals surface area contributed by atoms with Crippen molar-refractivity contribution in [2.75, 3.05) is 11.9 Å². The van der Waals surface area contributed by atoms with Crippen LogP contribution in [0.5, 0.6) is 0 Å². The van der Waals surface area contributed by atoms with Crippen LogP contribution in [0.4, 0.5) is 5.69 Å².